The SMILES string of the molecule is C[C@]12CCC(=O)C=C1CC[C@H]1[C@@H]3CC[C@@]4(OCC4=O)[C@@]3(C)C[C@@H](O)[C@@]12F. The number of Topliss-reactive ketones (excluding diaryl/α,β-unsaturated/α-hetero) is 1. The van der Waals surface area contributed by atoms with Crippen LogP contribution >= 0.6 is 0 Å². The Hall–Kier alpha value is -1.07. The molecule has 5 rings (SSSR count). The first-order valence-corrected chi connectivity index (χ1v) is 9.97. The second-order valence-corrected chi connectivity index (χ2v) is 9.70. The van der Waals surface area contributed by atoms with Gasteiger partial charge >= 0.3 is 0 Å². The van der Waals surface area contributed by atoms with Gasteiger partial charge < -0.3 is 9.84 Å². The van der Waals surface area contributed by atoms with Crippen molar-refractivity contribution in [1.82, 2.24) is 0 Å². The molecule has 0 aromatic rings. The minimum atomic E-state index is -1.74. The molecule has 1 spiro atoms. The number of hydrogen-bond donors (Lipinski definition) is 1. The number of ketones is 2. The van der Waals surface area contributed by atoms with Gasteiger partial charge in [0.25, 0.3) is 0 Å². The van der Waals surface area contributed by atoms with Crippen LogP contribution in [0.1, 0.15) is 58.8 Å². The number of allylic oxidation sites excluding steroid dienone is 1. The Morgan fingerprint density at radius 1 is 1.15 bits per heavy atom. The zero-order valence-corrected chi connectivity index (χ0v) is 15.5. The van der Waals surface area contributed by atoms with Crippen LogP contribution in [0, 0.1) is 22.7 Å². The summed E-state index contributed by atoms with van der Waals surface area (Å²) in [4.78, 5) is 24.3. The van der Waals surface area contributed by atoms with Crippen LogP contribution in [0.15, 0.2) is 11.6 Å². The minimum absolute atomic E-state index is 0.0381. The average molecular weight is 362 g/mol. The first-order chi connectivity index (χ1) is 12.2. The van der Waals surface area contributed by atoms with Crippen LogP contribution in [0.2, 0.25) is 0 Å². The zero-order chi connectivity index (χ0) is 18.5. The van der Waals surface area contributed by atoms with Gasteiger partial charge in [0, 0.05) is 23.2 Å². The van der Waals surface area contributed by atoms with Crippen LogP contribution in [0.25, 0.3) is 0 Å². The monoisotopic (exact) mass is 362 g/mol. The van der Waals surface area contributed by atoms with Crippen molar-refractivity contribution in [1.29, 1.82) is 0 Å². The Kier molecular flexibility index (Phi) is 3.18. The molecule has 4 fully saturated rings. The van der Waals surface area contributed by atoms with E-state index < -0.39 is 28.2 Å². The lowest BCUT2D eigenvalue weighted by Gasteiger charge is -2.64. The number of carbonyl (C=O) groups is 2. The van der Waals surface area contributed by atoms with Crippen molar-refractivity contribution in [2.24, 2.45) is 22.7 Å². The summed E-state index contributed by atoms with van der Waals surface area (Å²) in [6, 6.07) is 0. The number of carbonyl (C=O) groups excluding carboxylic acids is 2. The van der Waals surface area contributed by atoms with Crippen molar-refractivity contribution in [2.45, 2.75) is 76.2 Å². The summed E-state index contributed by atoms with van der Waals surface area (Å²) < 4.78 is 22.6. The van der Waals surface area contributed by atoms with E-state index in [0.29, 0.717) is 32.1 Å². The molecule has 5 aliphatic rings. The standard InChI is InChI=1S/C21H27FO4/c1-18-7-5-13(23)9-12(18)3-4-15-14-6-8-20(17(25)11-26-20)19(14,2)10-16(24)21(15,18)22/h9,14-16,24H,3-8,10-11H2,1-2H3/t14-,15-,16+,18-,19-,20-,21-/m0/s1. The van der Waals surface area contributed by atoms with Gasteiger partial charge in [-0.3, -0.25) is 9.59 Å². The van der Waals surface area contributed by atoms with Crippen LogP contribution in [0.3, 0.4) is 0 Å². The van der Waals surface area contributed by atoms with E-state index in [9.17, 15) is 14.7 Å². The molecule has 1 N–H and O–H groups in total. The van der Waals surface area contributed by atoms with Crippen LogP contribution in [0.5, 0.6) is 0 Å². The van der Waals surface area contributed by atoms with Crippen molar-refractivity contribution in [2.75, 3.05) is 6.61 Å². The lowest BCUT2D eigenvalue weighted by molar-refractivity contribution is -0.250. The van der Waals surface area contributed by atoms with Gasteiger partial charge in [-0.25, -0.2) is 4.39 Å². The molecular formula is C21H27FO4. The molecular weight excluding hydrogens is 335 g/mol. The van der Waals surface area contributed by atoms with Crippen molar-refractivity contribution in [3.05, 3.63) is 11.6 Å². The normalized spacial score (nSPS) is 55.7. The number of hydrogen-bond acceptors (Lipinski definition) is 4. The van der Waals surface area contributed by atoms with Crippen molar-refractivity contribution in [3.63, 3.8) is 0 Å². The fraction of sp³-hybridized carbons (Fsp3) is 0.810. The minimum Gasteiger partial charge on any atom is -0.390 e. The van der Waals surface area contributed by atoms with Crippen LogP contribution in [-0.4, -0.2) is 40.7 Å². The number of halogens is 1. The van der Waals surface area contributed by atoms with Gasteiger partial charge in [-0.15, -0.1) is 0 Å². The first-order valence-electron chi connectivity index (χ1n) is 9.97. The molecule has 0 aromatic heterocycles. The van der Waals surface area contributed by atoms with E-state index in [-0.39, 0.29) is 36.4 Å². The molecule has 0 aromatic carbocycles. The Labute approximate surface area is 153 Å². The Morgan fingerprint density at radius 2 is 1.92 bits per heavy atom. The third-order valence-corrected chi connectivity index (χ3v) is 9.06. The van der Waals surface area contributed by atoms with E-state index in [4.69, 9.17) is 4.74 Å². The quantitative estimate of drug-likeness (QED) is 0.720. The van der Waals surface area contributed by atoms with Crippen LogP contribution in [0.4, 0.5) is 4.39 Å². The van der Waals surface area contributed by atoms with E-state index >= 15 is 4.39 Å². The second-order valence-electron chi connectivity index (χ2n) is 9.70. The summed E-state index contributed by atoms with van der Waals surface area (Å²) in [6.45, 7) is 4.08. The van der Waals surface area contributed by atoms with Crippen molar-refractivity contribution in [3.8, 4) is 0 Å². The maximum absolute atomic E-state index is 16.8. The van der Waals surface area contributed by atoms with E-state index in [1.54, 1.807) is 6.08 Å². The van der Waals surface area contributed by atoms with Gasteiger partial charge in [-0.05, 0) is 50.5 Å². The van der Waals surface area contributed by atoms with Gasteiger partial charge in [0.15, 0.2) is 11.6 Å². The lowest BCUT2D eigenvalue weighted by Crippen LogP contribution is -2.71. The second kappa shape index (κ2) is 4.85. The fourth-order valence-corrected chi connectivity index (χ4v) is 7.56. The molecule has 1 saturated heterocycles. The molecule has 5 heteroatoms. The van der Waals surface area contributed by atoms with E-state index in [2.05, 4.69) is 0 Å². The number of fused-ring (bicyclic) bond motifs is 6. The predicted octanol–water partition coefficient (Wildman–Crippen LogP) is 2.92. The van der Waals surface area contributed by atoms with Crippen molar-refractivity contribution >= 4 is 11.6 Å². The number of ether oxygens (including phenoxy) is 1. The lowest BCUT2D eigenvalue weighted by atomic mass is 9.43. The molecule has 3 saturated carbocycles. The molecule has 1 aliphatic heterocycles. The van der Waals surface area contributed by atoms with Crippen LogP contribution < -0.4 is 0 Å². The fourth-order valence-electron chi connectivity index (χ4n) is 7.56. The molecule has 1 heterocycles. The van der Waals surface area contributed by atoms with E-state index in [0.717, 1.165) is 12.0 Å². The maximum Gasteiger partial charge on any atom is 0.190 e. The maximum atomic E-state index is 16.8. The molecule has 26 heavy (non-hydrogen) atoms. The summed E-state index contributed by atoms with van der Waals surface area (Å²) in [7, 11) is 0. The number of aliphatic hydroxyl groups is 1. The largest absolute Gasteiger partial charge is 0.390 e. The van der Waals surface area contributed by atoms with Gasteiger partial charge in [0.1, 0.15) is 17.9 Å². The Morgan fingerprint density at radius 3 is 2.58 bits per heavy atom. The molecule has 4 aliphatic carbocycles. The zero-order valence-electron chi connectivity index (χ0n) is 15.5. The van der Waals surface area contributed by atoms with Crippen molar-refractivity contribution < 1.29 is 23.8 Å². The summed E-state index contributed by atoms with van der Waals surface area (Å²) in [5.74, 6) is -0.0611. The number of alkyl halides is 1. The molecule has 0 radical (unpaired) electrons. The summed E-state index contributed by atoms with van der Waals surface area (Å²) in [5, 5.41) is 11.1. The molecule has 0 unspecified atom stereocenters. The van der Waals surface area contributed by atoms with Crippen LogP contribution in [-0.2, 0) is 14.3 Å². The summed E-state index contributed by atoms with van der Waals surface area (Å²) >= 11 is 0. The Bertz CT molecular complexity index is 746. The third-order valence-electron chi connectivity index (χ3n) is 9.06. The van der Waals surface area contributed by atoms with Gasteiger partial charge in [0.2, 0.25) is 0 Å². The number of aliphatic hydroxyl groups excluding tert-OH is 1. The third kappa shape index (κ3) is 1.60. The van der Waals surface area contributed by atoms with Gasteiger partial charge in [-0.2, -0.15) is 0 Å². The molecule has 7 atom stereocenters. The first kappa shape index (κ1) is 17.1. The topological polar surface area (TPSA) is 63.6 Å². The smallest absolute Gasteiger partial charge is 0.190 e. The molecule has 4 nitrogen and oxygen atoms in total. The molecule has 142 valence electrons. The highest BCUT2D eigenvalue weighted by Gasteiger charge is 2.76. The average Bonchev–Trinajstić information content (AvgIpc) is 2.90. The van der Waals surface area contributed by atoms with Gasteiger partial charge in [0.05, 0.1) is 6.10 Å². The highest BCUT2D eigenvalue weighted by molar-refractivity contribution is 5.94. The van der Waals surface area contributed by atoms with E-state index in [1.165, 1.54) is 0 Å². The molecule has 0 bridgehead atoms. The molecule has 0 amide bonds. The summed E-state index contributed by atoms with van der Waals surface area (Å²) in [5.41, 5.74) is -2.95. The predicted molar refractivity (Wildman–Crippen MR) is 92.1 cm³/mol. The summed E-state index contributed by atoms with van der Waals surface area (Å²) in [6.07, 6.45) is 4.33. The van der Waals surface area contributed by atoms with E-state index in [1.807, 2.05) is 13.8 Å². The van der Waals surface area contributed by atoms with Gasteiger partial charge in [-0.1, -0.05) is 19.4 Å². The highest BCUT2D eigenvalue weighted by atomic mass is 19.1. The number of rotatable bonds is 0. The Balaban J connectivity index is 1.61. The highest BCUT2D eigenvalue weighted by Crippen LogP contribution is 2.71.